The number of halogens is 3. The van der Waals surface area contributed by atoms with Crippen LogP contribution < -0.4 is 0 Å². The van der Waals surface area contributed by atoms with E-state index in [1.165, 1.54) is 23.5 Å². The molecular weight excluding hydrogens is 282 g/mol. The van der Waals surface area contributed by atoms with E-state index in [1.807, 2.05) is 5.38 Å². The fourth-order valence-corrected chi connectivity index (χ4v) is 2.81. The zero-order valence-electron chi connectivity index (χ0n) is 8.66. The molecule has 0 aliphatic heterocycles. The SMILES string of the molecule is OC(Cc1ccc(Cl)c(F)c1)c1sccc1Cl. The third-order valence-electron chi connectivity index (χ3n) is 2.36. The summed E-state index contributed by atoms with van der Waals surface area (Å²) in [6.07, 6.45) is -0.406. The lowest BCUT2D eigenvalue weighted by Gasteiger charge is -2.09. The van der Waals surface area contributed by atoms with Crippen molar-refractivity contribution in [1.29, 1.82) is 0 Å². The van der Waals surface area contributed by atoms with Crippen molar-refractivity contribution < 1.29 is 9.50 Å². The number of benzene rings is 1. The topological polar surface area (TPSA) is 20.2 Å². The van der Waals surface area contributed by atoms with Crippen LogP contribution in [0.5, 0.6) is 0 Å². The Hall–Kier alpha value is -0.610. The molecule has 1 unspecified atom stereocenters. The van der Waals surface area contributed by atoms with E-state index in [0.29, 0.717) is 21.9 Å². The molecule has 5 heteroatoms. The Labute approximate surface area is 112 Å². The molecule has 1 aromatic heterocycles. The van der Waals surface area contributed by atoms with Gasteiger partial charge in [0.2, 0.25) is 0 Å². The summed E-state index contributed by atoms with van der Waals surface area (Å²) in [5.74, 6) is -0.478. The van der Waals surface area contributed by atoms with Crippen molar-refractivity contribution in [2.45, 2.75) is 12.5 Å². The molecular formula is C12H9Cl2FOS. The second-order valence-corrected chi connectivity index (χ2v) is 5.36. The molecule has 1 nitrogen and oxygen atoms in total. The number of aliphatic hydroxyl groups is 1. The molecule has 1 aromatic carbocycles. The Morgan fingerprint density at radius 2 is 2.00 bits per heavy atom. The Bertz CT molecular complexity index is 527. The van der Waals surface area contributed by atoms with Gasteiger partial charge in [-0.3, -0.25) is 0 Å². The van der Waals surface area contributed by atoms with Gasteiger partial charge in [0.05, 0.1) is 21.0 Å². The van der Waals surface area contributed by atoms with Crippen molar-refractivity contribution in [3.63, 3.8) is 0 Å². The van der Waals surface area contributed by atoms with Gasteiger partial charge in [-0.05, 0) is 29.1 Å². The van der Waals surface area contributed by atoms with Gasteiger partial charge in [-0.1, -0.05) is 29.3 Å². The van der Waals surface area contributed by atoms with Gasteiger partial charge in [0.15, 0.2) is 0 Å². The molecule has 0 saturated carbocycles. The highest BCUT2D eigenvalue weighted by molar-refractivity contribution is 7.10. The van der Waals surface area contributed by atoms with E-state index in [-0.39, 0.29) is 5.02 Å². The minimum Gasteiger partial charge on any atom is -0.387 e. The fourth-order valence-electron chi connectivity index (χ4n) is 1.53. The van der Waals surface area contributed by atoms with E-state index in [9.17, 15) is 9.50 Å². The molecule has 1 atom stereocenters. The van der Waals surface area contributed by atoms with Gasteiger partial charge in [0, 0.05) is 6.42 Å². The Balaban J connectivity index is 2.16. The first kappa shape index (κ1) is 12.8. The van der Waals surface area contributed by atoms with E-state index in [2.05, 4.69) is 0 Å². The van der Waals surface area contributed by atoms with Gasteiger partial charge in [-0.15, -0.1) is 11.3 Å². The molecule has 0 amide bonds. The van der Waals surface area contributed by atoms with Crippen molar-refractivity contribution in [3.8, 4) is 0 Å². The van der Waals surface area contributed by atoms with Crippen molar-refractivity contribution in [1.82, 2.24) is 0 Å². The number of thiophene rings is 1. The van der Waals surface area contributed by atoms with Crippen LogP contribution in [0.4, 0.5) is 4.39 Å². The first-order chi connectivity index (χ1) is 8.08. The molecule has 0 aliphatic carbocycles. The largest absolute Gasteiger partial charge is 0.387 e. The summed E-state index contributed by atoms with van der Waals surface area (Å²) in [5, 5.41) is 12.4. The molecule has 2 rings (SSSR count). The predicted octanol–water partition coefficient (Wildman–Crippen LogP) is 4.47. The zero-order chi connectivity index (χ0) is 12.4. The van der Waals surface area contributed by atoms with E-state index in [1.54, 1.807) is 12.1 Å². The molecule has 0 radical (unpaired) electrons. The Kier molecular flexibility index (Phi) is 4.05. The van der Waals surface area contributed by atoms with Crippen molar-refractivity contribution in [2.75, 3.05) is 0 Å². The normalized spacial score (nSPS) is 12.7. The van der Waals surface area contributed by atoms with E-state index < -0.39 is 11.9 Å². The highest BCUT2D eigenvalue weighted by Gasteiger charge is 2.14. The van der Waals surface area contributed by atoms with Crippen molar-refractivity contribution >= 4 is 34.5 Å². The number of rotatable bonds is 3. The summed E-state index contributed by atoms with van der Waals surface area (Å²) in [6, 6.07) is 6.23. The van der Waals surface area contributed by atoms with Crippen LogP contribution in [-0.2, 0) is 6.42 Å². The summed E-state index contributed by atoms with van der Waals surface area (Å²) in [6.45, 7) is 0. The first-order valence-electron chi connectivity index (χ1n) is 4.93. The molecule has 90 valence electrons. The third-order valence-corrected chi connectivity index (χ3v) is 4.13. The molecule has 0 bridgehead atoms. The Morgan fingerprint density at radius 1 is 1.24 bits per heavy atom. The van der Waals surface area contributed by atoms with Crippen LogP contribution in [0, 0.1) is 5.82 Å². The van der Waals surface area contributed by atoms with Crippen LogP contribution >= 0.6 is 34.5 Å². The van der Waals surface area contributed by atoms with Crippen LogP contribution in [0.25, 0.3) is 0 Å². The third kappa shape index (κ3) is 2.99. The molecule has 2 aromatic rings. The molecule has 0 saturated heterocycles. The quantitative estimate of drug-likeness (QED) is 0.884. The maximum Gasteiger partial charge on any atom is 0.142 e. The van der Waals surface area contributed by atoms with Gasteiger partial charge in [0.1, 0.15) is 5.82 Å². The number of hydrogen-bond acceptors (Lipinski definition) is 2. The van der Waals surface area contributed by atoms with Crippen molar-refractivity contribution in [2.24, 2.45) is 0 Å². The smallest absolute Gasteiger partial charge is 0.142 e. The van der Waals surface area contributed by atoms with Gasteiger partial charge >= 0.3 is 0 Å². The molecule has 0 spiro atoms. The van der Waals surface area contributed by atoms with Crippen LogP contribution in [0.1, 0.15) is 16.5 Å². The fraction of sp³-hybridized carbons (Fsp3) is 0.167. The second kappa shape index (κ2) is 5.36. The number of aliphatic hydroxyl groups excluding tert-OH is 1. The lowest BCUT2D eigenvalue weighted by Crippen LogP contribution is -2.00. The predicted molar refractivity (Wildman–Crippen MR) is 69.4 cm³/mol. The maximum atomic E-state index is 13.2. The highest BCUT2D eigenvalue weighted by atomic mass is 35.5. The first-order valence-corrected chi connectivity index (χ1v) is 6.56. The summed E-state index contributed by atoms with van der Waals surface area (Å²) in [5.41, 5.74) is 0.684. The molecule has 0 fully saturated rings. The lowest BCUT2D eigenvalue weighted by molar-refractivity contribution is 0.182. The van der Waals surface area contributed by atoms with E-state index >= 15 is 0 Å². The average molecular weight is 291 g/mol. The molecule has 1 heterocycles. The minimum absolute atomic E-state index is 0.0809. The van der Waals surface area contributed by atoms with Crippen molar-refractivity contribution in [3.05, 3.63) is 55.9 Å². The lowest BCUT2D eigenvalue weighted by atomic mass is 10.1. The van der Waals surface area contributed by atoms with Crippen LogP contribution in [0.2, 0.25) is 10.0 Å². The molecule has 17 heavy (non-hydrogen) atoms. The van der Waals surface area contributed by atoms with Gasteiger partial charge in [-0.25, -0.2) is 4.39 Å². The average Bonchev–Trinajstić information content (AvgIpc) is 2.70. The zero-order valence-corrected chi connectivity index (χ0v) is 11.0. The summed E-state index contributed by atoms with van der Waals surface area (Å²) in [7, 11) is 0. The Morgan fingerprint density at radius 3 is 2.59 bits per heavy atom. The van der Waals surface area contributed by atoms with Crippen LogP contribution in [0.15, 0.2) is 29.6 Å². The standard InChI is InChI=1S/C12H9Cl2FOS/c13-8-2-1-7(5-10(8)15)6-11(16)12-9(14)3-4-17-12/h1-5,11,16H,6H2. The molecule has 1 N–H and O–H groups in total. The summed E-state index contributed by atoms with van der Waals surface area (Å²) >= 11 is 12.9. The van der Waals surface area contributed by atoms with Gasteiger partial charge in [-0.2, -0.15) is 0 Å². The highest BCUT2D eigenvalue weighted by Crippen LogP contribution is 2.31. The van der Waals surface area contributed by atoms with E-state index in [0.717, 1.165) is 0 Å². The summed E-state index contributed by atoms with van der Waals surface area (Å²) in [4.78, 5) is 0.696. The number of hydrogen-bond donors (Lipinski definition) is 1. The van der Waals surface area contributed by atoms with Gasteiger partial charge in [0.25, 0.3) is 0 Å². The van der Waals surface area contributed by atoms with E-state index in [4.69, 9.17) is 23.2 Å². The van der Waals surface area contributed by atoms with Crippen LogP contribution in [-0.4, -0.2) is 5.11 Å². The minimum atomic E-state index is -0.719. The summed E-state index contributed by atoms with van der Waals surface area (Å²) < 4.78 is 13.2. The maximum absolute atomic E-state index is 13.2. The second-order valence-electron chi connectivity index (χ2n) is 3.60. The monoisotopic (exact) mass is 290 g/mol. The van der Waals surface area contributed by atoms with Gasteiger partial charge < -0.3 is 5.11 Å². The molecule has 0 aliphatic rings. The van der Waals surface area contributed by atoms with Crippen LogP contribution in [0.3, 0.4) is 0 Å².